The maximum Gasteiger partial charge on any atom is 0.271 e. The first-order valence-corrected chi connectivity index (χ1v) is 12.0. The summed E-state index contributed by atoms with van der Waals surface area (Å²) in [6, 6.07) is 16.2. The van der Waals surface area contributed by atoms with Gasteiger partial charge in [0, 0.05) is 42.7 Å². The minimum atomic E-state index is -0.612. The summed E-state index contributed by atoms with van der Waals surface area (Å²) in [5.74, 6) is -1.47. The molecule has 0 atom stereocenters. The van der Waals surface area contributed by atoms with E-state index >= 15 is 0 Å². The second-order valence-electron chi connectivity index (χ2n) is 8.66. The van der Waals surface area contributed by atoms with Crippen LogP contribution in [0, 0.1) is 24.1 Å². The lowest BCUT2D eigenvalue weighted by Crippen LogP contribution is -2.43. The minimum absolute atomic E-state index is 0.0827. The van der Waals surface area contributed by atoms with E-state index in [1.807, 2.05) is 43.3 Å². The number of aryl methyl sites for hydroxylation is 1. The Labute approximate surface area is 215 Å². The maximum atomic E-state index is 14.5. The van der Waals surface area contributed by atoms with E-state index in [-0.39, 0.29) is 23.5 Å². The molecule has 0 aliphatic carbocycles. The Morgan fingerprint density at radius 1 is 1.11 bits per heavy atom. The van der Waals surface area contributed by atoms with Gasteiger partial charge >= 0.3 is 0 Å². The van der Waals surface area contributed by atoms with E-state index in [0.717, 1.165) is 10.6 Å². The van der Waals surface area contributed by atoms with Gasteiger partial charge in [-0.15, -0.1) is 0 Å². The molecule has 7 nitrogen and oxygen atoms in total. The Morgan fingerprint density at radius 2 is 1.86 bits per heavy atom. The van der Waals surface area contributed by atoms with E-state index in [4.69, 9.17) is 9.84 Å². The molecule has 1 aliphatic rings. The third-order valence-electron chi connectivity index (χ3n) is 6.21. The van der Waals surface area contributed by atoms with Gasteiger partial charge in [0.1, 0.15) is 23.2 Å². The third kappa shape index (κ3) is 5.27. The minimum Gasteiger partial charge on any atom is -0.382 e. The first kappa shape index (κ1) is 25.7. The van der Waals surface area contributed by atoms with Gasteiger partial charge in [-0.1, -0.05) is 30.3 Å². The van der Waals surface area contributed by atoms with Gasteiger partial charge < -0.3 is 4.74 Å². The number of ether oxygens (including phenoxy) is 1. The van der Waals surface area contributed by atoms with E-state index in [0.29, 0.717) is 47.6 Å². The smallest absolute Gasteiger partial charge is 0.271 e. The average molecular weight is 499 g/mol. The van der Waals surface area contributed by atoms with Gasteiger partial charge in [0.25, 0.3) is 11.8 Å². The Balaban J connectivity index is 1.84. The Morgan fingerprint density at radius 3 is 2.54 bits per heavy atom. The molecule has 1 aliphatic heterocycles. The zero-order valence-electron chi connectivity index (χ0n) is 21.0. The molecule has 37 heavy (non-hydrogen) atoms. The summed E-state index contributed by atoms with van der Waals surface area (Å²) < 4.78 is 21.5. The Hall–Kier alpha value is -4.35. The molecule has 0 unspecified atom stereocenters. The summed E-state index contributed by atoms with van der Waals surface area (Å²) in [7, 11) is 0. The van der Waals surface area contributed by atoms with Crippen LogP contribution in [0.25, 0.3) is 23.0 Å². The fraction of sp³-hybridized carbons (Fsp3) is 0.241. The first-order chi connectivity index (χ1) is 17.8. The molecule has 8 heteroatoms. The van der Waals surface area contributed by atoms with Crippen molar-refractivity contribution in [3.63, 3.8) is 0 Å². The van der Waals surface area contributed by atoms with Crippen molar-refractivity contribution in [2.24, 2.45) is 0 Å². The van der Waals surface area contributed by atoms with Crippen LogP contribution in [0.4, 0.5) is 4.39 Å². The van der Waals surface area contributed by atoms with E-state index in [9.17, 15) is 19.2 Å². The monoisotopic (exact) mass is 498 g/mol. The molecule has 188 valence electrons. The van der Waals surface area contributed by atoms with Gasteiger partial charge in [-0.05, 0) is 62.6 Å². The number of benzene rings is 2. The van der Waals surface area contributed by atoms with Crippen LogP contribution in [0.5, 0.6) is 0 Å². The van der Waals surface area contributed by atoms with Crippen molar-refractivity contribution < 1.29 is 18.7 Å². The second kappa shape index (κ2) is 11.1. The lowest BCUT2D eigenvalue weighted by atomic mass is 9.93. The molecular formula is C29H27FN4O3. The zero-order valence-corrected chi connectivity index (χ0v) is 21.0. The van der Waals surface area contributed by atoms with Crippen LogP contribution in [0.15, 0.2) is 71.4 Å². The van der Waals surface area contributed by atoms with Crippen molar-refractivity contribution in [2.45, 2.75) is 27.2 Å². The number of halogens is 1. The predicted molar refractivity (Wildman–Crippen MR) is 138 cm³/mol. The van der Waals surface area contributed by atoms with Crippen molar-refractivity contribution in [2.75, 3.05) is 19.8 Å². The van der Waals surface area contributed by atoms with E-state index in [2.05, 4.69) is 0 Å². The third-order valence-corrected chi connectivity index (χ3v) is 6.21. The van der Waals surface area contributed by atoms with Crippen LogP contribution in [-0.2, 0) is 14.3 Å². The molecule has 4 rings (SSSR count). The van der Waals surface area contributed by atoms with E-state index in [1.54, 1.807) is 42.9 Å². The highest BCUT2D eigenvalue weighted by Crippen LogP contribution is 2.31. The van der Waals surface area contributed by atoms with Gasteiger partial charge in [-0.2, -0.15) is 10.4 Å². The van der Waals surface area contributed by atoms with Crippen LogP contribution in [-0.4, -0.2) is 46.3 Å². The largest absolute Gasteiger partial charge is 0.382 e. The van der Waals surface area contributed by atoms with E-state index < -0.39 is 11.8 Å². The van der Waals surface area contributed by atoms with Crippen LogP contribution < -0.4 is 0 Å². The fourth-order valence-electron chi connectivity index (χ4n) is 4.13. The molecule has 0 fully saturated rings. The lowest BCUT2D eigenvalue weighted by molar-refractivity contribution is -0.140. The van der Waals surface area contributed by atoms with Crippen LogP contribution in [0.3, 0.4) is 0 Å². The average Bonchev–Trinajstić information content (AvgIpc) is 3.32. The normalized spacial score (nSPS) is 15.0. The number of imide groups is 1. The van der Waals surface area contributed by atoms with Crippen molar-refractivity contribution in [1.29, 1.82) is 5.26 Å². The predicted octanol–water partition coefficient (Wildman–Crippen LogP) is 5.01. The molecule has 2 amide bonds. The molecule has 0 bridgehead atoms. The molecule has 0 N–H and O–H groups in total. The Kier molecular flexibility index (Phi) is 7.75. The number of rotatable bonds is 8. The van der Waals surface area contributed by atoms with Crippen molar-refractivity contribution in [1.82, 2.24) is 14.7 Å². The summed E-state index contributed by atoms with van der Waals surface area (Å²) >= 11 is 0. The SMILES string of the molecule is CCOCCCN1C(=O)C(C#N)=C(C)/C(=C\c2cn(-c3ccccc3)nc2-c2ccc(C)c(F)c2)C1=O. The number of carbonyl (C=O) groups excluding carboxylic acids is 2. The molecule has 0 radical (unpaired) electrons. The number of nitrogens with zero attached hydrogens (tertiary/aromatic N) is 4. The quantitative estimate of drug-likeness (QED) is 0.248. The molecule has 2 heterocycles. The number of carbonyl (C=O) groups is 2. The van der Waals surface area contributed by atoms with Crippen LogP contribution in [0.2, 0.25) is 0 Å². The number of hydrogen-bond donors (Lipinski definition) is 0. The van der Waals surface area contributed by atoms with Crippen molar-refractivity contribution in [3.8, 4) is 23.0 Å². The van der Waals surface area contributed by atoms with Gasteiger partial charge in [-0.3, -0.25) is 14.5 Å². The summed E-state index contributed by atoms with van der Waals surface area (Å²) in [4.78, 5) is 27.4. The van der Waals surface area contributed by atoms with E-state index in [1.165, 1.54) is 6.07 Å². The van der Waals surface area contributed by atoms with Gasteiger partial charge in [-0.25, -0.2) is 9.07 Å². The number of para-hydroxylation sites is 1. The highest BCUT2D eigenvalue weighted by atomic mass is 19.1. The van der Waals surface area contributed by atoms with Gasteiger partial charge in [0.2, 0.25) is 0 Å². The summed E-state index contributed by atoms with van der Waals surface area (Å²) in [5.41, 5.74) is 3.28. The van der Waals surface area contributed by atoms with Crippen LogP contribution >= 0.6 is 0 Å². The second-order valence-corrected chi connectivity index (χ2v) is 8.66. The van der Waals surface area contributed by atoms with Crippen molar-refractivity contribution in [3.05, 3.63) is 88.4 Å². The highest BCUT2D eigenvalue weighted by molar-refractivity contribution is 6.19. The molecule has 0 saturated heterocycles. The number of hydrogen-bond acceptors (Lipinski definition) is 5. The van der Waals surface area contributed by atoms with Crippen LogP contribution in [0.1, 0.15) is 31.4 Å². The molecule has 2 aromatic carbocycles. The maximum absolute atomic E-state index is 14.5. The van der Waals surface area contributed by atoms with Crippen molar-refractivity contribution >= 4 is 17.9 Å². The van der Waals surface area contributed by atoms with Gasteiger partial charge in [0.05, 0.1) is 5.69 Å². The zero-order chi connectivity index (χ0) is 26.5. The Bertz CT molecular complexity index is 1450. The summed E-state index contributed by atoms with van der Waals surface area (Å²) in [6.07, 6.45) is 3.82. The number of nitriles is 1. The molecule has 1 aromatic heterocycles. The lowest BCUT2D eigenvalue weighted by Gasteiger charge is -2.27. The summed E-state index contributed by atoms with van der Waals surface area (Å²) in [6.45, 7) is 6.19. The molecule has 3 aromatic rings. The summed E-state index contributed by atoms with van der Waals surface area (Å²) in [5, 5.41) is 14.4. The standard InChI is InChI=1S/C29H27FN4O3/c1-4-37-14-8-13-33-28(35)24(20(3)25(17-31)29(33)36)15-22-18-34(23-9-6-5-7-10-23)32-27(22)21-12-11-19(2)26(30)16-21/h5-7,9-12,15-16,18H,4,8,13-14H2,1-3H3/b24-15+. The first-order valence-electron chi connectivity index (χ1n) is 12.0. The van der Waals surface area contributed by atoms with Gasteiger partial charge in [0.15, 0.2) is 0 Å². The topological polar surface area (TPSA) is 88.2 Å². The molecular weight excluding hydrogens is 471 g/mol. The number of amides is 2. The molecule has 0 spiro atoms. The number of aromatic nitrogens is 2. The highest BCUT2D eigenvalue weighted by Gasteiger charge is 2.35. The fourth-order valence-corrected chi connectivity index (χ4v) is 4.13. The molecule has 0 saturated carbocycles.